The van der Waals surface area contributed by atoms with Crippen LogP contribution in [0.4, 0.5) is 9.18 Å². The Kier molecular flexibility index (Phi) is 5.34. The number of alkyl carbamates (subject to hydrolysis) is 1. The second-order valence-electron chi connectivity index (χ2n) is 6.13. The van der Waals surface area contributed by atoms with E-state index in [0.717, 1.165) is 6.07 Å². The van der Waals surface area contributed by atoms with E-state index in [9.17, 15) is 9.18 Å². The van der Waals surface area contributed by atoms with Crippen LogP contribution in [0.5, 0.6) is 5.75 Å². The molecule has 1 aromatic carbocycles. The number of benzene rings is 1. The number of hydrogen-bond donors (Lipinski definition) is 2. The highest BCUT2D eigenvalue weighted by Crippen LogP contribution is 2.30. The van der Waals surface area contributed by atoms with Crippen LogP contribution >= 0.6 is 15.9 Å². The molecule has 0 heterocycles. The summed E-state index contributed by atoms with van der Waals surface area (Å²) in [6.45, 7) is 1.10. The van der Waals surface area contributed by atoms with Crippen molar-refractivity contribution in [3.05, 3.63) is 28.0 Å². The molecule has 0 saturated heterocycles. The average Bonchev–Trinajstić information content (AvgIpc) is 2.53. The smallest absolute Gasteiger partial charge is 0.407 e. The molecule has 0 aliphatic rings. The summed E-state index contributed by atoms with van der Waals surface area (Å²) in [5.41, 5.74) is -0.432. The number of ether oxygens (including phenoxy) is 2. The van der Waals surface area contributed by atoms with Crippen molar-refractivity contribution in [2.24, 2.45) is 0 Å². The Morgan fingerprint density at radius 1 is 1.50 bits per heavy atom. The van der Waals surface area contributed by atoms with Gasteiger partial charge in [-0.3, -0.25) is 0 Å². The van der Waals surface area contributed by atoms with Gasteiger partial charge in [0.2, 0.25) is 0 Å². The highest BCUT2D eigenvalue weighted by molar-refractivity contribution is 9.10. The Morgan fingerprint density at radius 3 is 2.83 bits per heavy atom. The van der Waals surface area contributed by atoms with Gasteiger partial charge in [-0.2, -0.15) is 0 Å². The zero-order chi connectivity index (χ0) is 22.6. The van der Waals surface area contributed by atoms with Gasteiger partial charge in [0.15, 0.2) is 0 Å². The fourth-order valence-electron chi connectivity index (χ4n) is 1.78. The minimum atomic E-state index is -2.90. The van der Waals surface area contributed by atoms with Crippen molar-refractivity contribution in [2.75, 3.05) is 13.0 Å². The summed E-state index contributed by atoms with van der Waals surface area (Å²) in [7, 11) is 0. The van der Waals surface area contributed by atoms with Gasteiger partial charge in [0.25, 0.3) is 0 Å². The van der Waals surface area contributed by atoms with Crippen LogP contribution in [0.2, 0.25) is 0 Å². The number of rotatable bonds is 7. The Bertz CT molecular complexity index is 726. The minimum Gasteiger partial charge on any atom is -0.489 e. The Hall–Kier alpha value is -1.34. The molecule has 5 nitrogen and oxygen atoms in total. The molecule has 0 radical (unpaired) electrons. The Labute approximate surface area is 158 Å². The van der Waals surface area contributed by atoms with Gasteiger partial charge >= 0.3 is 6.09 Å². The molecule has 0 aromatic heterocycles. The molecular weight excluding hydrogens is 379 g/mol. The molecule has 1 atom stereocenters. The quantitative estimate of drug-likeness (QED) is 0.714. The van der Waals surface area contributed by atoms with Gasteiger partial charge in [0, 0.05) is 19.0 Å². The molecule has 136 valence electrons. The number of amides is 1. The molecule has 0 bridgehead atoms. The SMILES string of the molecule is [2H]C([2H])([2H])C([2H])([2H])NCc1c(O[C@@H](C)CNC(=O)OC(C)(C)C)ccc(F)c1Br. The van der Waals surface area contributed by atoms with Crippen LogP contribution in [-0.4, -0.2) is 30.8 Å². The maximum atomic E-state index is 14.0. The van der Waals surface area contributed by atoms with E-state index in [-0.39, 0.29) is 28.9 Å². The van der Waals surface area contributed by atoms with Crippen LogP contribution in [0.3, 0.4) is 0 Å². The van der Waals surface area contributed by atoms with E-state index in [1.165, 1.54) is 6.07 Å². The third kappa shape index (κ3) is 7.05. The fourth-order valence-corrected chi connectivity index (χ4v) is 2.25. The van der Waals surface area contributed by atoms with Crippen molar-refractivity contribution in [1.82, 2.24) is 10.6 Å². The number of halogens is 2. The molecule has 1 amide bonds. The van der Waals surface area contributed by atoms with E-state index >= 15 is 0 Å². The van der Waals surface area contributed by atoms with Crippen molar-refractivity contribution in [2.45, 2.75) is 52.8 Å². The highest BCUT2D eigenvalue weighted by Gasteiger charge is 2.18. The summed E-state index contributed by atoms with van der Waals surface area (Å²) in [4.78, 5) is 11.7. The second-order valence-corrected chi connectivity index (χ2v) is 6.92. The zero-order valence-corrected chi connectivity index (χ0v) is 15.7. The van der Waals surface area contributed by atoms with E-state index in [4.69, 9.17) is 16.3 Å². The first-order valence-electron chi connectivity index (χ1n) is 9.89. The monoisotopic (exact) mass is 409 g/mol. The summed E-state index contributed by atoms with van der Waals surface area (Å²) < 4.78 is 61.9. The molecule has 0 spiro atoms. The first-order chi connectivity index (χ1) is 13.0. The summed E-state index contributed by atoms with van der Waals surface area (Å²) in [5, 5.41) is 4.84. The van der Waals surface area contributed by atoms with Gasteiger partial charge < -0.3 is 20.1 Å². The van der Waals surface area contributed by atoms with E-state index < -0.39 is 37.0 Å². The Balaban J connectivity index is 2.86. The van der Waals surface area contributed by atoms with Crippen molar-refractivity contribution >= 4 is 22.0 Å². The lowest BCUT2D eigenvalue weighted by Gasteiger charge is -2.22. The van der Waals surface area contributed by atoms with Crippen molar-refractivity contribution in [3.63, 3.8) is 0 Å². The lowest BCUT2D eigenvalue weighted by Crippen LogP contribution is -2.37. The van der Waals surface area contributed by atoms with Gasteiger partial charge in [0.1, 0.15) is 23.3 Å². The van der Waals surface area contributed by atoms with Crippen LogP contribution in [-0.2, 0) is 11.3 Å². The summed E-state index contributed by atoms with van der Waals surface area (Å²) >= 11 is 3.09. The number of carbonyl (C=O) groups is 1. The standard InChI is InChI=1S/C17H26BrFN2O3/c1-6-20-10-12-14(8-7-13(19)15(12)18)23-11(2)9-21-16(22)24-17(3,4)5/h7-8,11,20H,6,9-10H2,1-5H3,(H,21,22)/t11-/m0/s1/i1D3,6D2. The van der Waals surface area contributed by atoms with Gasteiger partial charge in [0.05, 0.1) is 11.0 Å². The molecule has 0 unspecified atom stereocenters. The number of nitrogens with one attached hydrogen (secondary N) is 2. The maximum absolute atomic E-state index is 14.0. The predicted octanol–water partition coefficient (Wildman–Crippen LogP) is 3.99. The van der Waals surface area contributed by atoms with E-state index in [2.05, 4.69) is 26.6 Å². The van der Waals surface area contributed by atoms with Crippen LogP contribution in [0, 0.1) is 5.82 Å². The number of carbonyl (C=O) groups excluding carboxylic acids is 1. The molecule has 2 N–H and O–H groups in total. The topological polar surface area (TPSA) is 59.6 Å². The van der Waals surface area contributed by atoms with Gasteiger partial charge in [-0.05, 0) is 62.3 Å². The van der Waals surface area contributed by atoms with Crippen LogP contribution in [0.1, 0.15) is 47.0 Å². The van der Waals surface area contributed by atoms with Crippen molar-refractivity contribution < 1.29 is 25.5 Å². The molecule has 0 aliphatic heterocycles. The first-order valence-corrected chi connectivity index (χ1v) is 8.18. The van der Waals surface area contributed by atoms with Gasteiger partial charge in [-0.15, -0.1) is 0 Å². The van der Waals surface area contributed by atoms with E-state index in [1.54, 1.807) is 27.7 Å². The third-order valence-corrected chi connectivity index (χ3v) is 3.62. The fraction of sp³-hybridized carbons (Fsp3) is 0.588. The molecule has 1 aromatic rings. The van der Waals surface area contributed by atoms with Crippen molar-refractivity contribution in [1.29, 1.82) is 0 Å². The molecule has 1 rings (SSSR count). The summed E-state index contributed by atoms with van der Waals surface area (Å²) in [5.74, 6) is -0.395. The maximum Gasteiger partial charge on any atom is 0.407 e. The van der Waals surface area contributed by atoms with Crippen LogP contribution in [0.15, 0.2) is 16.6 Å². The minimum absolute atomic E-state index is 0.0242. The predicted molar refractivity (Wildman–Crippen MR) is 95.8 cm³/mol. The molecular formula is C17H26BrFN2O3. The first kappa shape index (κ1) is 13.9. The molecule has 0 fully saturated rings. The van der Waals surface area contributed by atoms with E-state index in [0.29, 0.717) is 0 Å². The highest BCUT2D eigenvalue weighted by atomic mass is 79.9. The third-order valence-electron chi connectivity index (χ3n) is 2.77. The average molecular weight is 410 g/mol. The Morgan fingerprint density at radius 2 is 2.21 bits per heavy atom. The summed E-state index contributed by atoms with van der Waals surface area (Å²) in [6.07, 6.45) is -1.14. The van der Waals surface area contributed by atoms with Crippen LogP contribution in [0.25, 0.3) is 0 Å². The number of hydrogen-bond acceptors (Lipinski definition) is 4. The van der Waals surface area contributed by atoms with Gasteiger partial charge in [-0.25, -0.2) is 9.18 Å². The summed E-state index contributed by atoms with van der Waals surface area (Å²) in [6, 6.07) is 2.52. The van der Waals surface area contributed by atoms with Gasteiger partial charge in [-0.1, -0.05) is 6.85 Å². The largest absolute Gasteiger partial charge is 0.489 e. The second kappa shape index (κ2) is 9.22. The lowest BCUT2D eigenvalue weighted by molar-refractivity contribution is 0.0505. The molecule has 0 saturated carbocycles. The van der Waals surface area contributed by atoms with Crippen LogP contribution < -0.4 is 15.4 Å². The lowest BCUT2D eigenvalue weighted by atomic mass is 10.2. The van der Waals surface area contributed by atoms with Crippen molar-refractivity contribution in [3.8, 4) is 5.75 Å². The molecule has 24 heavy (non-hydrogen) atoms. The van der Waals surface area contributed by atoms with E-state index in [1.807, 2.05) is 0 Å². The molecule has 0 aliphatic carbocycles. The molecule has 7 heteroatoms. The normalized spacial score (nSPS) is 16.8. The zero-order valence-electron chi connectivity index (χ0n) is 19.1.